The van der Waals surface area contributed by atoms with Gasteiger partial charge in [0.15, 0.2) is 22.7 Å². The first kappa shape index (κ1) is 24.6. The molecule has 5 aliphatic rings. The average molecular weight is 573 g/mol. The van der Waals surface area contributed by atoms with Gasteiger partial charge in [0.05, 0.1) is 23.7 Å². The molecule has 0 unspecified atom stereocenters. The molecule has 0 saturated carbocycles. The third-order valence-corrected chi connectivity index (χ3v) is 8.52. The highest BCUT2D eigenvalue weighted by Crippen LogP contribution is 2.52. The van der Waals surface area contributed by atoms with Crippen molar-refractivity contribution in [1.82, 2.24) is 0 Å². The first-order valence-corrected chi connectivity index (χ1v) is 14.0. The fraction of sp³-hybridized carbons (Fsp3) is 0.375. The highest BCUT2D eigenvalue weighted by molar-refractivity contribution is 5.91. The highest BCUT2D eigenvalue weighted by Gasteiger charge is 2.57. The number of hydrogen-bond donors (Lipinski definition) is 0. The minimum absolute atomic E-state index is 0.113. The van der Waals surface area contributed by atoms with E-state index in [0.29, 0.717) is 34.2 Å². The molecule has 0 radical (unpaired) electrons. The number of benzene rings is 2. The van der Waals surface area contributed by atoms with Gasteiger partial charge in [0, 0.05) is 34.1 Å². The second-order valence-electron chi connectivity index (χ2n) is 12.2. The Hall–Kier alpha value is -3.96. The molecule has 0 aliphatic carbocycles. The van der Waals surface area contributed by atoms with E-state index in [-0.39, 0.29) is 13.2 Å². The number of rotatable bonds is 0. The molecule has 10 heteroatoms. The summed E-state index contributed by atoms with van der Waals surface area (Å²) in [5.74, 6) is -1.29. The highest BCUT2D eigenvalue weighted by atomic mass is 16.9. The third kappa shape index (κ3) is 3.40. The largest absolute Gasteiger partial charge is 0.483 e. The van der Waals surface area contributed by atoms with Crippen LogP contribution in [0.5, 0.6) is 23.0 Å². The Bertz CT molecular complexity index is 1710. The minimum atomic E-state index is -1.50. The van der Waals surface area contributed by atoms with Gasteiger partial charge in [-0.2, -0.15) is 0 Å². The molecule has 2 fully saturated rings. The predicted molar refractivity (Wildman–Crippen MR) is 148 cm³/mol. The number of ether oxygens (including phenoxy) is 8. The summed E-state index contributed by atoms with van der Waals surface area (Å²) in [6, 6.07) is 7.71. The van der Waals surface area contributed by atoms with E-state index >= 15 is 0 Å². The smallest absolute Gasteiger partial charge is 0.350 e. The van der Waals surface area contributed by atoms with Crippen LogP contribution in [0.15, 0.2) is 57.8 Å². The summed E-state index contributed by atoms with van der Waals surface area (Å²) in [6.07, 6.45) is 9.52. The zero-order valence-electron chi connectivity index (χ0n) is 23.4. The van der Waals surface area contributed by atoms with Crippen LogP contribution in [-0.4, -0.2) is 48.6 Å². The summed E-state index contributed by atoms with van der Waals surface area (Å²) < 4.78 is 63.6. The summed E-state index contributed by atoms with van der Waals surface area (Å²) in [5.41, 5.74) is 1.10. The molecular weight excluding hydrogens is 544 g/mol. The molecule has 6 bridgehead atoms. The van der Waals surface area contributed by atoms with E-state index < -0.39 is 35.4 Å². The Kier molecular flexibility index (Phi) is 4.63. The van der Waals surface area contributed by atoms with Gasteiger partial charge in [-0.05, 0) is 64.1 Å². The van der Waals surface area contributed by atoms with Crippen molar-refractivity contribution in [3.05, 3.63) is 60.1 Å². The molecule has 2 aromatic heterocycles. The van der Waals surface area contributed by atoms with Gasteiger partial charge in [-0.1, -0.05) is 0 Å². The summed E-state index contributed by atoms with van der Waals surface area (Å²) in [7, 11) is 0. The van der Waals surface area contributed by atoms with Crippen molar-refractivity contribution >= 4 is 34.1 Å². The molecule has 0 N–H and O–H groups in total. The molecule has 10 nitrogen and oxygen atoms in total. The second kappa shape index (κ2) is 7.90. The fourth-order valence-electron chi connectivity index (χ4n) is 6.24. The molecule has 4 aromatic rings. The lowest BCUT2D eigenvalue weighted by Crippen LogP contribution is -2.40. The zero-order chi connectivity index (χ0) is 28.5. The molecule has 7 heterocycles. The van der Waals surface area contributed by atoms with Crippen molar-refractivity contribution in [2.45, 2.75) is 63.1 Å². The molecule has 0 amide bonds. The maximum Gasteiger partial charge on any atom is 0.350 e. The van der Waals surface area contributed by atoms with Crippen LogP contribution in [0, 0.1) is 0 Å². The average Bonchev–Trinajstić information content (AvgIpc) is 3.69. The van der Waals surface area contributed by atoms with Crippen LogP contribution in [0.25, 0.3) is 34.1 Å². The normalized spacial score (nSPS) is 31.4. The van der Waals surface area contributed by atoms with Crippen LogP contribution in [0.3, 0.4) is 0 Å². The van der Waals surface area contributed by atoms with E-state index in [2.05, 4.69) is 0 Å². The van der Waals surface area contributed by atoms with E-state index in [0.717, 1.165) is 21.9 Å². The van der Waals surface area contributed by atoms with Crippen molar-refractivity contribution in [3.63, 3.8) is 0 Å². The summed E-state index contributed by atoms with van der Waals surface area (Å²) >= 11 is 0. The standard InChI is InChI=1S/C32H28O10/c1-29(2)21-15-35-27-23-19(7-11-33-23)14-18-6-10-32(40-26(18)27)38-22(30(3,4)42-32)16-36-28-24-20(8-12-34-24)13-17-5-9-31(37-21,41-29)39-25(17)28/h5-14,21-22H,15-16H2,1-4H3/t21-,22-,31-,32-/m0/s1. The third-order valence-electron chi connectivity index (χ3n) is 8.52. The first-order chi connectivity index (χ1) is 20.1. The minimum Gasteiger partial charge on any atom is -0.483 e. The molecule has 4 atom stereocenters. The Morgan fingerprint density at radius 3 is 1.52 bits per heavy atom. The lowest BCUT2D eigenvalue weighted by Gasteiger charge is -2.31. The Morgan fingerprint density at radius 2 is 1.07 bits per heavy atom. The van der Waals surface area contributed by atoms with Gasteiger partial charge in [-0.15, -0.1) is 0 Å². The van der Waals surface area contributed by atoms with Gasteiger partial charge in [0.1, 0.15) is 25.4 Å². The number of fused-ring (bicyclic) bond motifs is 6. The van der Waals surface area contributed by atoms with Crippen LogP contribution in [0.2, 0.25) is 0 Å². The van der Waals surface area contributed by atoms with Crippen LogP contribution >= 0.6 is 0 Å². The monoisotopic (exact) mass is 572 g/mol. The second-order valence-corrected chi connectivity index (χ2v) is 12.2. The quantitative estimate of drug-likeness (QED) is 0.244. The lowest BCUT2D eigenvalue weighted by atomic mass is 10.0. The maximum atomic E-state index is 6.52. The van der Waals surface area contributed by atoms with Gasteiger partial charge in [0.25, 0.3) is 0 Å². The van der Waals surface area contributed by atoms with Crippen LogP contribution in [-0.2, 0) is 18.9 Å². The summed E-state index contributed by atoms with van der Waals surface area (Å²) in [4.78, 5) is 0. The molecule has 2 saturated heterocycles. The Balaban J connectivity index is 1.21. The molecule has 42 heavy (non-hydrogen) atoms. The Labute approximate surface area is 240 Å². The molecule has 216 valence electrons. The van der Waals surface area contributed by atoms with Gasteiger partial charge >= 0.3 is 11.9 Å². The first-order valence-electron chi connectivity index (χ1n) is 14.0. The number of furan rings is 2. The predicted octanol–water partition coefficient (Wildman–Crippen LogP) is 6.16. The van der Waals surface area contributed by atoms with Gasteiger partial charge in [-0.3, -0.25) is 0 Å². The fourth-order valence-corrected chi connectivity index (χ4v) is 6.24. The molecular formula is C32H28O10. The molecule has 2 aromatic carbocycles. The summed E-state index contributed by atoms with van der Waals surface area (Å²) in [6.45, 7) is 7.96. The zero-order valence-corrected chi connectivity index (χ0v) is 23.4. The van der Waals surface area contributed by atoms with Crippen LogP contribution in [0.4, 0.5) is 0 Å². The topological polar surface area (TPSA) is 100 Å². The molecule has 9 rings (SSSR count). The van der Waals surface area contributed by atoms with Crippen molar-refractivity contribution in [1.29, 1.82) is 0 Å². The van der Waals surface area contributed by atoms with E-state index in [1.165, 1.54) is 0 Å². The number of hydrogen-bond acceptors (Lipinski definition) is 10. The van der Waals surface area contributed by atoms with Crippen molar-refractivity contribution in [2.24, 2.45) is 0 Å². The van der Waals surface area contributed by atoms with Crippen LogP contribution < -0.4 is 18.9 Å². The van der Waals surface area contributed by atoms with E-state index in [4.69, 9.17) is 46.7 Å². The molecule has 5 aliphatic heterocycles. The summed E-state index contributed by atoms with van der Waals surface area (Å²) in [5, 5.41) is 1.74. The Morgan fingerprint density at radius 1 is 0.619 bits per heavy atom. The van der Waals surface area contributed by atoms with Crippen molar-refractivity contribution in [2.75, 3.05) is 13.2 Å². The van der Waals surface area contributed by atoms with Crippen molar-refractivity contribution in [3.8, 4) is 23.0 Å². The molecule has 2 spiro atoms. The van der Waals surface area contributed by atoms with Gasteiger partial charge < -0.3 is 46.7 Å². The SMILES string of the molecule is CC1(C)O[C@]23C=Cc4cc5ccoc5c(c4O2)OC[C@@H]2O[C@]4(C=Cc5cc6ccoc6c(c5O4)OC[C@@H]1O3)OC2(C)C. The lowest BCUT2D eigenvalue weighted by molar-refractivity contribution is -0.273. The van der Waals surface area contributed by atoms with E-state index in [1.54, 1.807) is 24.7 Å². The maximum absolute atomic E-state index is 6.52. The van der Waals surface area contributed by atoms with Gasteiger partial charge in [0.2, 0.25) is 11.5 Å². The van der Waals surface area contributed by atoms with Gasteiger partial charge in [-0.25, -0.2) is 0 Å². The van der Waals surface area contributed by atoms with E-state index in [9.17, 15) is 0 Å². The van der Waals surface area contributed by atoms with Crippen molar-refractivity contribution < 1.29 is 46.7 Å². The van der Waals surface area contributed by atoms with E-state index in [1.807, 2.05) is 64.1 Å². The van der Waals surface area contributed by atoms with Crippen LogP contribution in [0.1, 0.15) is 38.8 Å².